The first-order chi connectivity index (χ1) is 11.4. The van der Waals surface area contributed by atoms with Crippen LogP contribution in [-0.2, 0) is 0 Å². The first-order valence-corrected chi connectivity index (χ1v) is 6.43. The molecule has 0 radical (unpaired) electrons. The Morgan fingerprint density at radius 1 is 0.519 bits per heavy atom. The van der Waals surface area contributed by atoms with E-state index in [2.05, 4.69) is 49.4 Å². The number of aryl methyl sites for hydroxylation is 1. The Labute approximate surface area is 189 Å². The van der Waals surface area contributed by atoms with E-state index in [9.17, 15) is 51.8 Å². The Balaban J connectivity index is -0.000000311. The van der Waals surface area contributed by atoms with Gasteiger partial charge in [0.05, 0.1) is 0 Å². The van der Waals surface area contributed by atoms with Crippen LogP contribution in [-0.4, -0.2) is 73.1 Å². The van der Waals surface area contributed by atoms with Crippen molar-refractivity contribution < 1.29 is 51.8 Å². The maximum atomic E-state index is 9.75. The van der Waals surface area contributed by atoms with Crippen LogP contribution in [0.2, 0.25) is 0 Å². The molecule has 2 aromatic carbocycles. The van der Waals surface area contributed by atoms with Crippen molar-refractivity contribution in [1.29, 1.82) is 0 Å². The van der Waals surface area contributed by atoms with E-state index in [4.69, 9.17) is 0 Å². The Kier molecular flexibility index (Phi) is 16.0. The molecule has 2 aromatic rings. The molecule has 0 spiro atoms. The molecule has 0 aliphatic rings. The van der Waals surface area contributed by atoms with Gasteiger partial charge in [-0.15, -0.1) is 0 Å². The second-order valence-electron chi connectivity index (χ2n) is 4.34. The molecule has 0 saturated heterocycles. The van der Waals surface area contributed by atoms with Crippen LogP contribution >= 0.6 is 0 Å². The monoisotopic (exact) mass is 443 g/mol. The zero-order chi connectivity index (χ0) is 21.2. The molecule has 0 unspecified atom stereocenters. The van der Waals surface area contributed by atoms with Crippen LogP contribution in [0.4, 0.5) is 51.8 Å². The van der Waals surface area contributed by atoms with Crippen LogP contribution in [0.15, 0.2) is 42.5 Å². The summed E-state index contributed by atoms with van der Waals surface area (Å²) < 4.78 is 117. The molecule has 2 rings (SSSR count). The molecule has 0 N–H and O–H groups in total. The first kappa shape index (κ1) is 31.4. The van der Waals surface area contributed by atoms with Gasteiger partial charge in [-0.1, -0.05) is 48.0 Å². The Bertz CT molecular complexity index is 594. The topological polar surface area (TPSA) is 0 Å². The number of rotatable bonds is 0. The summed E-state index contributed by atoms with van der Waals surface area (Å²) in [7, 11) is -18.0. The molecular formula is C11H11B3F12K-3. The summed E-state index contributed by atoms with van der Waals surface area (Å²) in [5.74, 6) is 0. The van der Waals surface area contributed by atoms with Crippen LogP contribution in [0.25, 0.3) is 10.8 Å². The molecule has 152 valence electrons. The average Bonchev–Trinajstić information content (AvgIpc) is 2.32. The fourth-order valence-electron chi connectivity index (χ4n) is 1.31. The number of fused-ring (bicyclic) bond motifs is 1. The third kappa shape index (κ3) is 37.2. The molecule has 0 nitrogen and oxygen atoms in total. The summed E-state index contributed by atoms with van der Waals surface area (Å²) in [6.07, 6.45) is 0. The van der Waals surface area contributed by atoms with E-state index in [0.29, 0.717) is 0 Å². The molecule has 27 heavy (non-hydrogen) atoms. The summed E-state index contributed by atoms with van der Waals surface area (Å²) in [4.78, 5) is 0. The third-order valence-electron chi connectivity index (χ3n) is 1.90. The zero-order valence-corrected chi connectivity index (χ0v) is 12.8. The van der Waals surface area contributed by atoms with E-state index in [1.165, 1.54) is 16.3 Å². The fraction of sp³-hybridized carbons (Fsp3) is 0.0909. The van der Waals surface area contributed by atoms with Gasteiger partial charge in [0.1, 0.15) is 0 Å². The minimum absolute atomic E-state index is 0. The second-order valence-corrected chi connectivity index (χ2v) is 4.34. The average molecular weight is 443 g/mol. The third-order valence-corrected chi connectivity index (χ3v) is 1.90. The van der Waals surface area contributed by atoms with E-state index >= 15 is 0 Å². The van der Waals surface area contributed by atoms with Gasteiger partial charge >= 0.3 is 73.1 Å². The Morgan fingerprint density at radius 3 is 1.15 bits per heavy atom. The quantitative estimate of drug-likeness (QED) is 0.327. The molecule has 16 heteroatoms. The predicted octanol–water partition coefficient (Wildman–Crippen LogP) is 6.40. The van der Waals surface area contributed by atoms with Crippen molar-refractivity contribution >= 4 is 83.9 Å². The minimum atomic E-state index is -6.00. The van der Waals surface area contributed by atoms with Crippen molar-refractivity contribution in [2.45, 2.75) is 6.92 Å². The predicted molar refractivity (Wildman–Crippen MR) is 86.4 cm³/mol. The van der Waals surface area contributed by atoms with E-state index in [0.717, 1.165) is 0 Å². The van der Waals surface area contributed by atoms with Crippen molar-refractivity contribution in [2.75, 3.05) is 0 Å². The standard InChI is InChI=1S/C11H10.3BF4.K.H/c1-9-6-7-10-4-2-3-5-11(10)8-9;3*2-1(3,4)5;;/h2-8H,1H3;;;;;/q;3*-1;;. The summed E-state index contributed by atoms with van der Waals surface area (Å²) >= 11 is 0. The van der Waals surface area contributed by atoms with Gasteiger partial charge in [-0.25, -0.2) is 0 Å². The summed E-state index contributed by atoms with van der Waals surface area (Å²) in [5.41, 5.74) is 1.32. The van der Waals surface area contributed by atoms with Crippen molar-refractivity contribution in [3.8, 4) is 0 Å². The van der Waals surface area contributed by atoms with Gasteiger partial charge in [0.2, 0.25) is 0 Å². The van der Waals surface area contributed by atoms with E-state index < -0.39 is 21.8 Å². The van der Waals surface area contributed by atoms with Gasteiger partial charge in [-0.05, 0) is 17.7 Å². The van der Waals surface area contributed by atoms with Gasteiger partial charge in [0.25, 0.3) is 0 Å². The van der Waals surface area contributed by atoms with Crippen LogP contribution in [0.5, 0.6) is 0 Å². The zero-order valence-electron chi connectivity index (χ0n) is 12.8. The SMILES string of the molecule is Cc1ccc2ccccc2c1.F[B-](F)(F)F.F[B-](F)(F)F.F[B-](F)(F)F.[KH]. The normalized spacial score (nSPS) is 10.9. The van der Waals surface area contributed by atoms with E-state index in [1.54, 1.807) is 0 Å². The summed E-state index contributed by atoms with van der Waals surface area (Å²) in [6.45, 7) is 2.12. The van der Waals surface area contributed by atoms with E-state index in [1.807, 2.05) is 0 Å². The van der Waals surface area contributed by atoms with Gasteiger partial charge < -0.3 is 51.8 Å². The molecule has 0 heterocycles. The van der Waals surface area contributed by atoms with Crippen LogP contribution in [0, 0.1) is 6.92 Å². The number of hydrogen-bond acceptors (Lipinski definition) is 0. The molecule has 0 atom stereocenters. The van der Waals surface area contributed by atoms with Crippen molar-refractivity contribution in [2.24, 2.45) is 0 Å². The molecule has 0 aliphatic heterocycles. The molecule has 0 amide bonds. The fourth-order valence-corrected chi connectivity index (χ4v) is 1.31. The number of hydrogen-bond donors (Lipinski definition) is 0. The van der Waals surface area contributed by atoms with Crippen LogP contribution < -0.4 is 0 Å². The van der Waals surface area contributed by atoms with Crippen molar-refractivity contribution in [3.05, 3.63) is 48.0 Å². The Morgan fingerprint density at radius 2 is 0.815 bits per heavy atom. The van der Waals surface area contributed by atoms with E-state index in [-0.39, 0.29) is 51.4 Å². The van der Waals surface area contributed by atoms with Gasteiger partial charge in [0, 0.05) is 0 Å². The molecule has 0 aliphatic carbocycles. The van der Waals surface area contributed by atoms with Crippen LogP contribution in [0.1, 0.15) is 5.56 Å². The van der Waals surface area contributed by atoms with Crippen molar-refractivity contribution in [3.63, 3.8) is 0 Å². The Hall–Kier alpha value is -0.309. The summed E-state index contributed by atoms with van der Waals surface area (Å²) in [6, 6.07) is 14.9. The number of benzene rings is 2. The van der Waals surface area contributed by atoms with Gasteiger partial charge in [0.15, 0.2) is 0 Å². The second kappa shape index (κ2) is 13.8. The van der Waals surface area contributed by atoms with Gasteiger partial charge in [-0.2, -0.15) is 0 Å². The summed E-state index contributed by atoms with van der Waals surface area (Å²) in [5, 5.41) is 2.64. The molecule has 0 aromatic heterocycles. The molecule has 0 fully saturated rings. The molecular weight excluding hydrogens is 432 g/mol. The maximum absolute atomic E-state index is 9.75. The molecule has 0 bridgehead atoms. The van der Waals surface area contributed by atoms with Crippen LogP contribution in [0.3, 0.4) is 0 Å². The van der Waals surface area contributed by atoms with Crippen molar-refractivity contribution in [1.82, 2.24) is 0 Å². The van der Waals surface area contributed by atoms with Gasteiger partial charge in [-0.3, -0.25) is 0 Å². The number of halogens is 12. The molecule has 0 saturated carbocycles. The first-order valence-electron chi connectivity index (χ1n) is 6.43.